The molecule has 86 valence electrons. The molecule has 2 aliphatic heterocycles. The second-order valence-electron chi connectivity index (χ2n) is 4.23. The van der Waals surface area contributed by atoms with E-state index in [1.54, 1.807) is 4.90 Å². The van der Waals surface area contributed by atoms with Gasteiger partial charge in [0.1, 0.15) is 6.10 Å². The van der Waals surface area contributed by atoms with Gasteiger partial charge in [-0.25, -0.2) is 4.79 Å². The minimum absolute atomic E-state index is 0.123. The zero-order chi connectivity index (χ0) is 10.7. The van der Waals surface area contributed by atoms with Crippen molar-refractivity contribution in [3.63, 3.8) is 0 Å². The molecule has 15 heavy (non-hydrogen) atoms. The van der Waals surface area contributed by atoms with Gasteiger partial charge in [0, 0.05) is 25.6 Å². The van der Waals surface area contributed by atoms with Crippen molar-refractivity contribution in [3.05, 3.63) is 0 Å². The van der Waals surface area contributed by atoms with Crippen molar-refractivity contribution in [1.82, 2.24) is 4.90 Å². The van der Waals surface area contributed by atoms with Crippen LogP contribution in [0, 0.1) is 5.92 Å². The first kappa shape index (κ1) is 10.7. The standard InChI is InChI=1S/C10H18N2O3/c11-4-9-6-12(10(13)15-9)5-8-2-1-3-14-7-8/h8-9H,1-7,11H2/t8?,9-/m0/s1. The molecule has 2 saturated heterocycles. The molecule has 1 amide bonds. The molecular weight excluding hydrogens is 196 g/mol. The summed E-state index contributed by atoms with van der Waals surface area (Å²) in [5.41, 5.74) is 5.46. The van der Waals surface area contributed by atoms with Crippen molar-refractivity contribution in [2.45, 2.75) is 18.9 Å². The molecule has 2 fully saturated rings. The quantitative estimate of drug-likeness (QED) is 0.728. The maximum Gasteiger partial charge on any atom is 0.410 e. The van der Waals surface area contributed by atoms with Crippen LogP contribution in [0.15, 0.2) is 0 Å². The number of carbonyl (C=O) groups excluding carboxylic acids is 1. The van der Waals surface area contributed by atoms with Crippen LogP contribution in [0.3, 0.4) is 0 Å². The van der Waals surface area contributed by atoms with Crippen molar-refractivity contribution < 1.29 is 14.3 Å². The van der Waals surface area contributed by atoms with Crippen LogP contribution in [-0.2, 0) is 9.47 Å². The first-order chi connectivity index (χ1) is 7.29. The van der Waals surface area contributed by atoms with Crippen LogP contribution >= 0.6 is 0 Å². The number of hydrogen-bond donors (Lipinski definition) is 1. The third-order valence-electron chi connectivity index (χ3n) is 2.95. The second-order valence-corrected chi connectivity index (χ2v) is 4.23. The van der Waals surface area contributed by atoms with Gasteiger partial charge in [0.15, 0.2) is 0 Å². The van der Waals surface area contributed by atoms with E-state index in [0.29, 0.717) is 19.0 Å². The maximum absolute atomic E-state index is 11.4. The average molecular weight is 214 g/mol. The van der Waals surface area contributed by atoms with Gasteiger partial charge in [-0.2, -0.15) is 0 Å². The third kappa shape index (κ3) is 2.60. The zero-order valence-electron chi connectivity index (χ0n) is 8.85. The van der Waals surface area contributed by atoms with E-state index in [0.717, 1.165) is 32.6 Å². The number of nitrogens with zero attached hydrogens (tertiary/aromatic N) is 1. The number of amides is 1. The van der Waals surface area contributed by atoms with Gasteiger partial charge in [0.25, 0.3) is 0 Å². The molecule has 5 nitrogen and oxygen atoms in total. The van der Waals surface area contributed by atoms with Crippen molar-refractivity contribution in [1.29, 1.82) is 0 Å². The molecule has 2 atom stereocenters. The molecule has 0 bridgehead atoms. The second kappa shape index (κ2) is 4.81. The summed E-state index contributed by atoms with van der Waals surface area (Å²) in [5, 5.41) is 0. The minimum atomic E-state index is -0.226. The number of hydrogen-bond acceptors (Lipinski definition) is 4. The van der Waals surface area contributed by atoms with Gasteiger partial charge in [-0.05, 0) is 12.8 Å². The highest BCUT2D eigenvalue weighted by Crippen LogP contribution is 2.18. The molecular formula is C10H18N2O3. The Kier molecular flexibility index (Phi) is 3.43. The Bertz CT molecular complexity index is 229. The van der Waals surface area contributed by atoms with E-state index in [9.17, 15) is 4.79 Å². The lowest BCUT2D eigenvalue weighted by Crippen LogP contribution is -2.35. The van der Waals surface area contributed by atoms with Crippen LogP contribution in [-0.4, -0.2) is 49.9 Å². The summed E-state index contributed by atoms with van der Waals surface area (Å²) in [6.45, 7) is 3.40. The van der Waals surface area contributed by atoms with Gasteiger partial charge in [-0.3, -0.25) is 0 Å². The highest BCUT2D eigenvalue weighted by atomic mass is 16.6. The highest BCUT2D eigenvalue weighted by Gasteiger charge is 2.32. The lowest BCUT2D eigenvalue weighted by Gasteiger charge is -2.25. The van der Waals surface area contributed by atoms with Gasteiger partial charge in [0.05, 0.1) is 13.2 Å². The van der Waals surface area contributed by atoms with Crippen LogP contribution in [0.1, 0.15) is 12.8 Å². The van der Waals surface area contributed by atoms with Gasteiger partial charge in [-0.1, -0.05) is 0 Å². The van der Waals surface area contributed by atoms with E-state index in [2.05, 4.69) is 0 Å². The fourth-order valence-corrected chi connectivity index (χ4v) is 2.11. The van der Waals surface area contributed by atoms with Crippen LogP contribution in [0.4, 0.5) is 4.79 Å². The molecule has 0 aromatic heterocycles. The van der Waals surface area contributed by atoms with Crippen molar-refractivity contribution >= 4 is 6.09 Å². The van der Waals surface area contributed by atoms with Crippen molar-refractivity contribution in [3.8, 4) is 0 Å². The van der Waals surface area contributed by atoms with E-state index in [1.807, 2.05) is 0 Å². The SMILES string of the molecule is NC[C@H]1CN(CC2CCCOC2)C(=O)O1. The van der Waals surface area contributed by atoms with Crippen LogP contribution in [0.2, 0.25) is 0 Å². The third-order valence-corrected chi connectivity index (χ3v) is 2.95. The first-order valence-corrected chi connectivity index (χ1v) is 5.53. The predicted octanol–water partition coefficient (Wildman–Crippen LogP) is 0.192. The Morgan fingerprint density at radius 2 is 2.40 bits per heavy atom. The molecule has 2 heterocycles. The molecule has 0 saturated carbocycles. The van der Waals surface area contributed by atoms with Gasteiger partial charge >= 0.3 is 6.09 Å². The Morgan fingerprint density at radius 3 is 3.00 bits per heavy atom. The number of nitrogens with two attached hydrogens (primary N) is 1. The van der Waals surface area contributed by atoms with Crippen molar-refractivity contribution in [2.24, 2.45) is 11.7 Å². The molecule has 0 radical (unpaired) electrons. The molecule has 0 aromatic carbocycles. The molecule has 2 N–H and O–H groups in total. The van der Waals surface area contributed by atoms with Crippen LogP contribution in [0.25, 0.3) is 0 Å². The Morgan fingerprint density at radius 1 is 1.53 bits per heavy atom. The van der Waals surface area contributed by atoms with Crippen molar-refractivity contribution in [2.75, 3.05) is 32.8 Å². The summed E-state index contributed by atoms with van der Waals surface area (Å²) >= 11 is 0. The Labute approximate surface area is 89.5 Å². The number of rotatable bonds is 3. The molecule has 2 rings (SSSR count). The van der Waals surface area contributed by atoms with Gasteiger partial charge in [-0.15, -0.1) is 0 Å². The highest BCUT2D eigenvalue weighted by molar-refractivity contribution is 5.69. The fourth-order valence-electron chi connectivity index (χ4n) is 2.11. The van der Waals surface area contributed by atoms with E-state index < -0.39 is 0 Å². The number of carbonyl (C=O) groups is 1. The molecule has 0 aliphatic carbocycles. The van der Waals surface area contributed by atoms with E-state index >= 15 is 0 Å². The number of ether oxygens (including phenoxy) is 2. The number of cyclic esters (lactones) is 1. The molecule has 1 unspecified atom stereocenters. The van der Waals surface area contributed by atoms with E-state index in [1.165, 1.54) is 0 Å². The average Bonchev–Trinajstić information content (AvgIpc) is 2.61. The smallest absolute Gasteiger partial charge is 0.410 e. The molecule has 0 aromatic rings. The lowest BCUT2D eigenvalue weighted by atomic mass is 10.0. The largest absolute Gasteiger partial charge is 0.443 e. The van der Waals surface area contributed by atoms with Gasteiger partial charge in [0.2, 0.25) is 0 Å². The fraction of sp³-hybridized carbons (Fsp3) is 0.900. The molecule has 5 heteroatoms. The minimum Gasteiger partial charge on any atom is -0.443 e. The normalized spacial score (nSPS) is 31.8. The van der Waals surface area contributed by atoms with E-state index in [-0.39, 0.29) is 12.2 Å². The predicted molar refractivity (Wildman–Crippen MR) is 54.4 cm³/mol. The van der Waals surface area contributed by atoms with Crippen LogP contribution in [0.5, 0.6) is 0 Å². The lowest BCUT2D eigenvalue weighted by molar-refractivity contribution is 0.0443. The topological polar surface area (TPSA) is 64.8 Å². The summed E-state index contributed by atoms with van der Waals surface area (Å²) in [5.74, 6) is 0.461. The van der Waals surface area contributed by atoms with E-state index in [4.69, 9.17) is 15.2 Å². The molecule has 0 spiro atoms. The summed E-state index contributed by atoms with van der Waals surface area (Å²) < 4.78 is 10.5. The Hall–Kier alpha value is -0.810. The summed E-state index contributed by atoms with van der Waals surface area (Å²) in [6.07, 6.45) is 1.88. The monoisotopic (exact) mass is 214 g/mol. The summed E-state index contributed by atoms with van der Waals surface area (Å²) in [4.78, 5) is 13.2. The Balaban J connectivity index is 1.81. The summed E-state index contributed by atoms with van der Waals surface area (Å²) in [6, 6.07) is 0. The molecule has 2 aliphatic rings. The maximum atomic E-state index is 11.4. The first-order valence-electron chi connectivity index (χ1n) is 5.53. The van der Waals surface area contributed by atoms with Gasteiger partial charge < -0.3 is 20.1 Å². The zero-order valence-corrected chi connectivity index (χ0v) is 8.85. The van der Waals surface area contributed by atoms with Crippen LogP contribution < -0.4 is 5.73 Å². The summed E-state index contributed by atoms with van der Waals surface area (Å²) in [7, 11) is 0.